The molecule has 1 heterocycles. The van der Waals surface area contributed by atoms with Crippen LogP contribution in [0.25, 0.3) is 10.9 Å². The van der Waals surface area contributed by atoms with Gasteiger partial charge >= 0.3 is 6.18 Å². The summed E-state index contributed by atoms with van der Waals surface area (Å²) in [4.78, 5) is 17.0. The number of hydrogen-bond acceptors (Lipinski definition) is 3. The molecule has 0 saturated heterocycles. The van der Waals surface area contributed by atoms with Gasteiger partial charge in [0.05, 0.1) is 16.8 Å². The number of nitrogens with zero attached hydrogens (tertiary/aromatic N) is 1. The monoisotopic (exact) mass is 388 g/mol. The summed E-state index contributed by atoms with van der Waals surface area (Å²) in [5.41, 5.74) is 3.61. The lowest BCUT2D eigenvalue weighted by Gasteiger charge is -2.11. The Kier molecular flexibility index (Phi) is 5.53. The van der Waals surface area contributed by atoms with Gasteiger partial charge in [0.25, 0.3) is 5.91 Å². The smallest absolute Gasteiger partial charge is 0.422 e. The lowest BCUT2D eigenvalue weighted by atomic mass is 10.1. The second-order valence-electron chi connectivity index (χ2n) is 6.55. The first-order valence-corrected chi connectivity index (χ1v) is 8.66. The lowest BCUT2D eigenvalue weighted by Crippen LogP contribution is -2.24. The number of fused-ring (bicyclic) bond motifs is 1. The maximum absolute atomic E-state index is 12.6. The third-order valence-electron chi connectivity index (χ3n) is 4.16. The number of benzene rings is 2. The van der Waals surface area contributed by atoms with Gasteiger partial charge in [0.2, 0.25) is 0 Å². The quantitative estimate of drug-likeness (QED) is 0.688. The van der Waals surface area contributed by atoms with Crippen molar-refractivity contribution in [1.29, 1.82) is 0 Å². The molecule has 4 nitrogen and oxygen atoms in total. The number of aryl methyl sites for hydroxylation is 2. The summed E-state index contributed by atoms with van der Waals surface area (Å²) < 4.78 is 41.5. The molecular weight excluding hydrogens is 369 g/mol. The number of carbonyl (C=O) groups is 1. The van der Waals surface area contributed by atoms with Crippen LogP contribution in [0.2, 0.25) is 0 Å². The van der Waals surface area contributed by atoms with Crippen molar-refractivity contribution in [2.45, 2.75) is 26.6 Å². The number of alkyl halides is 3. The lowest BCUT2D eigenvalue weighted by molar-refractivity contribution is -0.153. The number of halogens is 3. The van der Waals surface area contributed by atoms with Gasteiger partial charge in [-0.15, -0.1) is 0 Å². The Balaban J connectivity index is 1.69. The van der Waals surface area contributed by atoms with Crippen LogP contribution in [0.1, 0.15) is 27.2 Å². The Hall–Kier alpha value is -3.09. The van der Waals surface area contributed by atoms with Gasteiger partial charge in [-0.1, -0.05) is 24.3 Å². The van der Waals surface area contributed by atoms with Gasteiger partial charge in [-0.25, -0.2) is 0 Å². The maximum atomic E-state index is 12.6. The zero-order chi connectivity index (χ0) is 20.3. The van der Waals surface area contributed by atoms with Crippen molar-refractivity contribution in [2.24, 2.45) is 0 Å². The summed E-state index contributed by atoms with van der Waals surface area (Å²) in [7, 11) is 0. The van der Waals surface area contributed by atoms with Crippen LogP contribution in [0.3, 0.4) is 0 Å². The van der Waals surface area contributed by atoms with E-state index in [1.165, 1.54) is 12.1 Å². The van der Waals surface area contributed by atoms with Crippen LogP contribution < -0.4 is 10.1 Å². The average Bonchev–Trinajstić information content (AvgIpc) is 2.63. The van der Waals surface area contributed by atoms with Gasteiger partial charge in [-0.05, 0) is 49.2 Å². The van der Waals surface area contributed by atoms with E-state index in [-0.39, 0.29) is 18.2 Å². The molecule has 146 valence electrons. The van der Waals surface area contributed by atoms with Gasteiger partial charge in [0.15, 0.2) is 6.61 Å². The number of nitrogens with one attached hydrogen (secondary N) is 1. The molecule has 7 heteroatoms. The Bertz CT molecular complexity index is 1020. The number of pyridine rings is 1. The minimum atomic E-state index is -4.40. The van der Waals surface area contributed by atoms with Crippen LogP contribution in [-0.2, 0) is 6.54 Å². The number of aromatic nitrogens is 1. The van der Waals surface area contributed by atoms with Gasteiger partial charge < -0.3 is 10.1 Å². The van der Waals surface area contributed by atoms with Gasteiger partial charge in [-0.3, -0.25) is 9.78 Å². The molecular formula is C21H19F3N2O2. The molecule has 0 atom stereocenters. The normalized spacial score (nSPS) is 11.5. The molecule has 0 fully saturated rings. The minimum Gasteiger partial charge on any atom is -0.484 e. The van der Waals surface area contributed by atoms with Crippen molar-refractivity contribution in [2.75, 3.05) is 6.61 Å². The average molecular weight is 388 g/mol. The van der Waals surface area contributed by atoms with Crippen molar-refractivity contribution in [3.8, 4) is 5.75 Å². The molecule has 1 aromatic heterocycles. The van der Waals surface area contributed by atoms with Crippen molar-refractivity contribution >= 4 is 16.8 Å². The molecule has 0 bridgehead atoms. The van der Waals surface area contributed by atoms with Crippen molar-refractivity contribution in [3.05, 3.63) is 70.9 Å². The predicted octanol–water partition coefficient (Wildman–Crippen LogP) is 4.72. The molecule has 3 aromatic rings. The molecule has 0 aliphatic carbocycles. The fourth-order valence-electron chi connectivity index (χ4n) is 2.79. The topological polar surface area (TPSA) is 51.2 Å². The molecule has 0 saturated carbocycles. The summed E-state index contributed by atoms with van der Waals surface area (Å²) in [6.07, 6.45) is -4.40. The van der Waals surface area contributed by atoms with Crippen LogP contribution in [-0.4, -0.2) is 23.7 Å². The molecule has 1 amide bonds. The first-order valence-electron chi connectivity index (χ1n) is 8.66. The van der Waals surface area contributed by atoms with Crippen molar-refractivity contribution in [3.63, 3.8) is 0 Å². The molecule has 0 spiro atoms. The number of amides is 1. The van der Waals surface area contributed by atoms with E-state index in [0.717, 1.165) is 16.5 Å². The third-order valence-corrected chi connectivity index (χ3v) is 4.16. The molecule has 0 aliphatic heterocycles. The second kappa shape index (κ2) is 7.88. The van der Waals surface area contributed by atoms with E-state index >= 15 is 0 Å². The molecule has 1 N–H and O–H groups in total. The van der Waals surface area contributed by atoms with E-state index in [1.54, 1.807) is 25.1 Å². The third kappa shape index (κ3) is 5.00. The van der Waals surface area contributed by atoms with Crippen molar-refractivity contribution in [1.82, 2.24) is 10.3 Å². The summed E-state index contributed by atoms with van der Waals surface area (Å²) in [6.45, 7) is 2.55. The highest BCUT2D eigenvalue weighted by Crippen LogP contribution is 2.20. The molecule has 2 aromatic carbocycles. The molecule has 0 unspecified atom stereocenters. The second-order valence-corrected chi connectivity index (χ2v) is 6.55. The number of rotatable bonds is 5. The first kappa shape index (κ1) is 19.7. The van der Waals surface area contributed by atoms with Crippen LogP contribution in [0.5, 0.6) is 5.75 Å². The summed E-state index contributed by atoms with van der Waals surface area (Å²) in [5.74, 6) is -0.197. The van der Waals surface area contributed by atoms with Crippen molar-refractivity contribution < 1.29 is 22.7 Å². The van der Waals surface area contributed by atoms with E-state index in [4.69, 9.17) is 4.74 Å². The number of carbonyl (C=O) groups excluding carboxylic acids is 1. The Morgan fingerprint density at radius 3 is 2.64 bits per heavy atom. The Morgan fingerprint density at radius 1 is 1.11 bits per heavy atom. The molecule has 0 aliphatic rings. The van der Waals surface area contributed by atoms with E-state index in [0.29, 0.717) is 16.8 Å². The number of ether oxygens (including phenoxy) is 1. The standard InChI is InChI=1S/C21H19F3N2O2/c1-13-6-7-16-10-18(14(2)26-19(16)8-13)20(27)25-11-15-4-3-5-17(9-15)28-12-21(22,23)24/h3-10H,11-12H2,1-2H3,(H,25,27). The fraction of sp³-hybridized carbons (Fsp3) is 0.238. The Labute approximate surface area is 160 Å². The van der Waals surface area contributed by atoms with E-state index in [1.807, 2.05) is 25.1 Å². The highest BCUT2D eigenvalue weighted by molar-refractivity contribution is 5.98. The molecule has 0 radical (unpaired) electrons. The predicted molar refractivity (Wildman–Crippen MR) is 100 cm³/mol. The van der Waals surface area contributed by atoms with Gasteiger partial charge in [0.1, 0.15) is 5.75 Å². The zero-order valence-corrected chi connectivity index (χ0v) is 15.4. The van der Waals surface area contributed by atoms with Gasteiger partial charge in [0, 0.05) is 11.9 Å². The largest absolute Gasteiger partial charge is 0.484 e. The number of hydrogen-bond donors (Lipinski definition) is 1. The molecule has 3 rings (SSSR count). The van der Waals surface area contributed by atoms with Crippen LogP contribution in [0.4, 0.5) is 13.2 Å². The summed E-state index contributed by atoms with van der Waals surface area (Å²) in [5, 5.41) is 3.64. The van der Waals surface area contributed by atoms with Crippen LogP contribution in [0, 0.1) is 13.8 Å². The zero-order valence-electron chi connectivity index (χ0n) is 15.4. The minimum absolute atomic E-state index is 0.1000. The highest BCUT2D eigenvalue weighted by atomic mass is 19.4. The van der Waals surface area contributed by atoms with Gasteiger partial charge in [-0.2, -0.15) is 13.2 Å². The summed E-state index contributed by atoms with van der Waals surface area (Å²) >= 11 is 0. The highest BCUT2D eigenvalue weighted by Gasteiger charge is 2.28. The van der Waals surface area contributed by atoms with Crippen LogP contribution in [0.15, 0.2) is 48.5 Å². The van der Waals surface area contributed by atoms with E-state index in [9.17, 15) is 18.0 Å². The fourth-order valence-corrected chi connectivity index (χ4v) is 2.79. The SMILES string of the molecule is Cc1ccc2cc(C(=O)NCc3cccc(OCC(F)(F)F)c3)c(C)nc2c1. The van der Waals surface area contributed by atoms with Crippen LogP contribution >= 0.6 is 0 Å². The van der Waals surface area contributed by atoms with E-state index in [2.05, 4.69) is 10.3 Å². The molecule has 28 heavy (non-hydrogen) atoms. The summed E-state index contributed by atoms with van der Waals surface area (Å²) in [6, 6.07) is 13.8. The van der Waals surface area contributed by atoms with E-state index < -0.39 is 12.8 Å². The maximum Gasteiger partial charge on any atom is 0.422 e. The Morgan fingerprint density at radius 2 is 1.89 bits per heavy atom. The first-order chi connectivity index (χ1) is 13.2.